The topological polar surface area (TPSA) is 118 Å². The Labute approximate surface area is 306 Å². The van der Waals surface area contributed by atoms with Crippen molar-refractivity contribution in [2.75, 3.05) is 30.4 Å². The Balaban J connectivity index is 2.11. The number of halogens is 6. The first-order valence-electron chi connectivity index (χ1n) is 15.4. The Morgan fingerprint density at radius 2 is 1.71 bits per heavy atom. The molecule has 2 aromatic heterocycles. The number of carbonyl (C=O) groups excluding carboxylic acids is 2. The van der Waals surface area contributed by atoms with Crippen molar-refractivity contribution in [2.45, 2.75) is 50.7 Å². The lowest BCUT2D eigenvalue weighted by Gasteiger charge is -2.23. The average molecular weight is 785 g/mol. The molecule has 2 heterocycles. The summed E-state index contributed by atoms with van der Waals surface area (Å²) in [6, 6.07) is 6.52. The summed E-state index contributed by atoms with van der Waals surface area (Å²) in [4.78, 5) is 31.2. The lowest BCUT2D eigenvalue weighted by atomic mass is 9.94. The normalized spacial score (nSPS) is 13.5. The molecule has 0 bridgehead atoms. The molecule has 0 saturated carbocycles. The number of rotatable bonds is 11. The molecule has 0 spiro atoms. The number of hydrogen-bond acceptors (Lipinski definition) is 6. The monoisotopic (exact) mass is 784 g/mol. The number of anilines is 1. The van der Waals surface area contributed by atoms with Crippen LogP contribution in [0.3, 0.4) is 0 Å². The Bertz CT molecular complexity index is 2110. The first-order chi connectivity index (χ1) is 24.3. The first kappa shape index (κ1) is 40.4. The molecule has 18 heteroatoms. The van der Waals surface area contributed by atoms with E-state index in [2.05, 4.69) is 27.2 Å². The smallest absolute Gasteiger partial charge is 0.350 e. The zero-order valence-electron chi connectivity index (χ0n) is 28.8. The minimum absolute atomic E-state index is 0.0293. The van der Waals surface area contributed by atoms with Gasteiger partial charge in [0.25, 0.3) is 0 Å². The van der Waals surface area contributed by atoms with Gasteiger partial charge in [-0.15, -0.1) is 0 Å². The quantitative estimate of drug-likeness (QED) is 0.108. The van der Waals surface area contributed by atoms with Gasteiger partial charge in [0, 0.05) is 54.1 Å². The summed E-state index contributed by atoms with van der Waals surface area (Å²) in [5.41, 5.74) is 0.248. The van der Waals surface area contributed by atoms with Crippen LogP contribution in [0.5, 0.6) is 0 Å². The highest BCUT2D eigenvalue weighted by atomic mass is 35.5. The number of alkyl halides is 3. The van der Waals surface area contributed by atoms with E-state index in [4.69, 9.17) is 11.6 Å². The van der Waals surface area contributed by atoms with E-state index < -0.39 is 68.8 Å². The van der Waals surface area contributed by atoms with Crippen molar-refractivity contribution in [1.82, 2.24) is 25.0 Å². The third kappa shape index (κ3) is 9.14. The van der Waals surface area contributed by atoms with E-state index in [1.807, 2.05) is 0 Å². The molecule has 10 nitrogen and oxygen atoms in total. The number of carbonyl (C=O) groups is 2. The van der Waals surface area contributed by atoms with Crippen LogP contribution in [0.2, 0.25) is 5.02 Å². The zero-order valence-corrected chi connectivity index (χ0v) is 31.2. The largest absolute Gasteiger partial charge is 0.408 e. The van der Waals surface area contributed by atoms with E-state index in [0.29, 0.717) is 17.2 Å². The molecule has 0 radical (unpaired) electrons. The summed E-state index contributed by atoms with van der Waals surface area (Å²) in [7, 11) is -2.08. The lowest BCUT2D eigenvalue weighted by molar-refractivity contribution is -0.141. The van der Waals surface area contributed by atoms with Crippen LogP contribution in [-0.4, -0.2) is 77.6 Å². The van der Waals surface area contributed by atoms with Crippen LogP contribution in [-0.2, 0) is 39.5 Å². The van der Waals surface area contributed by atoms with Gasteiger partial charge in [-0.25, -0.2) is 22.8 Å². The molecule has 0 saturated heterocycles. The van der Waals surface area contributed by atoms with Crippen LogP contribution in [0, 0.1) is 23.5 Å². The Kier molecular flexibility index (Phi) is 12.5. The average Bonchev–Trinajstić information content (AvgIpc) is 3.40. The summed E-state index contributed by atoms with van der Waals surface area (Å²) >= 11 is 6.62. The van der Waals surface area contributed by atoms with Crippen LogP contribution >= 0.6 is 11.6 Å². The highest BCUT2D eigenvalue weighted by Crippen LogP contribution is 2.42. The number of pyridine rings is 1. The van der Waals surface area contributed by atoms with Crippen molar-refractivity contribution in [3.63, 3.8) is 0 Å². The van der Waals surface area contributed by atoms with E-state index in [1.54, 1.807) is 20.8 Å². The van der Waals surface area contributed by atoms with Crippen molar-refractivity contribution >= 4 is 62.5 Å². The highest BCUT2D eigenvalue weighted by molar-refractivity contribution is 7.86. The minimum Gasteiger partial charge on any atom is -0.350 e. The summed E-state index contributed by atoms with van der Waals surface area (Å²) in [6.45, 7) is 3.48. The molecular formula is C34H34ClF5N6O4S2. The van der Waals surface area contributed by atoms with Crippen molar-refractivity contribution in [3.05, 3.63) is 76.1 Å². The highest BCUT2D eigenvalue weighted by Gasteiger charge is 2.35. The molecule has 0 aliphatic heterocycles. The van der Waals surface area contributed by atoms with Gasteiger partial charge in [-0.3, -0.25) is 13.7 Å². The summed E-state index contributed by atoms with van der Waals surface area (Å²) < 4.78 is 96.5. The number of hydrogen-bond donors (Lipinski definition) is 1. The molecule has 3 amide bonds. The lowest BCUT2D eigenvalue weighted by Crippen LogP contribution is -2.42. The number of amides is 3. The predicted octanol–water partition coefficient (Wildman–Crippen LogP) is 6.30. The van der Waals surface area contributed by atoms with Crippen molar-refractivity contribution in [3.8, 4) is 23.0 Å². The predicted molar refractivity (Wildman–Crippen MR) is 191 cm³/mol. The van der Waals surface area contributed by atoms with Gasteiger partial charge in [0.05, 0.1) is 27.7 Å². The van der Waals surface area contributed by atoms with Crippen LogP contribution in [0.25, 0.3) is 22.0 Å². The number of nitrogens with one attached hydrogen (secondary N) is 1. The van der Waals surface area contributed by atoms with E-state index in [1.165, 1.54) is 42.5 Å². The molecule has 278 valence electrons. The standard InChI is InChI=1S/C34H34ClF5N6O4S2/c1-7-44(4)32(48)46(52(6)50)31-28-26(35)11-10-25(30(28)45(43-31)18-34(38,39)40)24-9-8-23(12-13-33(2,3)51(5)49)42-29(24)27(41-19-47)16-20-14-21(36)17-22(37)15-20/h8-11,14-15,17,19,27H,7,16,18H2,1-6H3,(H,41,47). The van der Waals surface area contributed by atoms with Crippen molar-refractivity contribution in [1.29, 1.82) is 0 Å². The molecule has 3 atom stereocenters. The Morgan fingerprint density at radius 3 is 2.27 bits per heavy atom. The van der Waals surface area contributed by atoms with Gasteiger partial charge in [0.15, 0.2) is 5.82 Å². The van der Waals surface area contributed by atoms with Crippen molar-refractivity contribution < 1.29 is 40.0 Å². The molecule has 0 fully saturated rings. The fourth-order valence-electron chi connectivity index (χ4n) is 5.12. The molecule has 3 unspecified atom stereocenters. The zero-order chi connectivity index (χ0) is 38.7. The number of aromatic nitrogens is 3. The molecule has 1 N–H and O–H groups in total. The number of benzene rings is 2. The summed E-state index contributed by atoms with van der Waals surface area (Å²) in [5.74, 6) is 3.58. The van der Waals surface area contributed by atoms with Gasteiger partial charge in [0.1, 0.15) is 39.6 Å². The van der Waals surface area contributed by atoms with Gasteiger partial charge in [0.2, 0.25) is 6.41 Å². The molecule has 0 aliphatic carbocycles. The molecule has 0 aliphatic rings. The van der Waals surface area contributed by atoms with E-state index >= 15 is 0 Å². The van der Waals surface area contributed by atoms with Crippen molar-refractivity contribution in [2.24, 2.45) is 0 Å². The second-order valence-electron chi connectivity index (χ2n) is 12.1. The summed E-state index contributed by atoms with van der Waals surface area (Å²) in [5, 5.41) is 6.48. The molecular weight excluding hydrogens is 751 g/mol. The maximum atomic E-state index is 14.2. The van der Waals surface area contributed by atoms with E-state index in [-0.39, 0.29) is 57.0 Å². The number of urea groups is 1. The fourth-order valence-corrected chi connectivity index (χ4v) is 6.29. The molecule has 4 rings (SSSR count). The molecule has 2 aromatic carbocycles. The first-order valence-corrected chi connectivity index (χ1v) is 18.9. The van der Waals surface area contributed by atoms with E-state index in [9.17, 15) is 40.0 Å². The van der Waals surface area contributed by atoms with E-state index in [0.717, 1.165) is 22.7 Å². The second-order valence-corrected chi connectivity index (χ2v) is 15.6. The van der Waals surface area contributed by atoms with Gasteiger partial charge < -0.3 is 10.2 Å². The SMILES string of the molecule is CCN(C)C(=O)N(c1nn(CC(F)(F)F)c2c(-c3ccc(C#CC(C)(C)S(C)=O)nc3C(Cc3cc(F)cc(F)c3)NC=O)ccc(Cl)c12)S(C)=O. The van der Waals surface area contributed by atoms with Gasteiger partial charge in [-0.1, -0.05) is 23.6 Å². The van der Waals surface area contributed by atoms with Crippen LogP contribution in [0.1, 0.15) is 43.8 Å². The minimum atomic E-state index is -4.83. The number of nitrogens with zero attached hydrogens (tertiary/aromatic N) is 5. The summed E-state index contributed by atoms with van der Waals surface area (Å²) in [6.07, 6.45) is -2.08. The van der Waals surface area contributed by atoms with Crippen LogP contribution < -0.4 is 9.62 Å². The van der Waals surface area contributed by atoms with Crippen LogP contribution in [0.4, 0.5) is 32.6 Å². The fraction of sp³-hybridized carbons (Fsp3) is 0.353. The Morgan fingerprint density at radius 1 is 1.08 bits per heavy atom. The third-order valence-corrected chi connectivity index (χ3v) is 10.7. The van der Waals surface area contributed by atoms with Gasteiger partial charge >= 0.3 is 12.2 Å². The number of fused-ring (bicyclic) bond motifs is 1. The maximum absolute atomic E-state index is 14.2. The molecule has 4 aromatic rings. The third-order valence-electron chi connectivity index (χ3n) is 7.96. The maximum Gasteiger partial charge on any atom is 0.408 e. The Hall–Kier alpha value is -4.40. The second kappa shape index (κ2) is 16.1. The molecule has 52 heavy (non-hydrogen) atoms. The van der Waals surface area contributed by atoms with Gasteiger partial charge in [-0.2, -0.15) is 22.6 Å². The van der Waals surface area contributed by atoms with Crippen LogP contribution in [0.15, 0.2) is 42.5 Å². The van der Waals surface area contributed by atoms with Gasteiger partial charge in [-0.05, 0) is 69.0 Å².